The molecule has 4 nitrogen and oxygen atoms in total. The molecule has 0 saturated carbocycles. The number of carbonyl (C=O) groups excluding carboxylic acids is 1. The van der Waals surface area contributed by atoms with E-state index in [0.717, 1.165) is 0 Å². The van der Waals surface area contributed by atoms with Crippen molar-refractivity contribution in [2.45, 2.75) is 6.29 Å². The van der Waals surface area contributed by atoms with Gasteiger partial charge in [0, 0.05) is 14.2 Å². The van der Waals surface area contributed by atoms with Crippen LogP contribution in [0.15, 0.2) is 30.3 Å². The number of para-hydroxylation sites is 1. The summed E-state index contributed by atoms with van der Waals surface area (Å²) >= 11 is 0. The van der Waals surface area contributed by atoms with Crippen molar-refractivity contribution in [2.75, 3.05) is 14.2 Å². The van der Waals surface area contributed by atoms with Crippen LogP contribution in [0.5, 0.6) is 5.75 Å². The number of rotatable bonds is 4. The highest BCUT2D eigenvalue weighted by Crippen LogP contribution is 2.09. The normalized spacial score (nSPS) is 10.2. The molecule has 0 bridgehead atoms. The summed E-state index contributed by atoms with van der Waals surface area (Å²) in [7, 11) is 2.75. The Kier molecular flexibility index (Phi) is 4.10. The largest absolute Gasteiger partial charge is 0.423 e. The van der Waals surface area contributed by atoms with E-state index in [1.165, 1.54) is 14.2 Å². The van der Waals surface area contributed by atoms with Crippen LogP contribution in [-0.2, 0) is 14.3 Å². The molecule has 0 N–H and O–H groups in total. The van der Waals surface area contributed by atoms with Gasteiger partial charge in [0.05, 0.1) is 0 Å². The number of benzene rings is 1. The van der Waals surface area contributed by atoms with E-state index in [1.807, 2.05) is 6.07 Å². The minimum absolute atomic E-state index is 0.469. The molecule has 0 aliphatic carbocycles. The van der Waals surface area contributed by atoms with Gasteiger partial charge in [0.2, 0.25) is 0 Å². The van der Waals surface area contributed by atoms with Crippen LogP contribution in [-0.4, -0.2) is 26.5 Å². The van der Waals surface area contributed by atoms with E-state index < -0.39 is 12.3 Å². The fourth-order valence-electron chi connectivity index (χ4n) is 0.941. The molecule has 0 spiro atoms. The predicted molar refractivity (Wildman–Crippen MR) is 49.9 cm³/mol. The third-order valence-electron chi connectivity index (χ3n) is 1.58. The van der Waals surface area contributed by atoms with Gasteiger partial charge >= 0.3 is 5.97 Å². The lowest BCUT2D eigenvalue weighted by molar-refractivity contribution is -0.174. The third kappa shape index (κ3) is 2.83. The molecule has 4 heteroatoms. The first-order valence-corrected chi connectivity index (χ1v) is 4.10. The van der Waals surface area contributed by atoms with Crippen LogP contribution in [0.3, 0.4) is 0 Å². The lowest BCUT2D eigenvalue weighted by Gasteiger charge is -2.11. The van der Waals surface area contributed by atoms with Crippen molar-refractivity contribution in [3.8, 4) is 5.75 Å². The second kappa shape index (κ2) is 5.36. The van der Waals surface area contributed by atoms with Crippen LogP contribution in [0.1, 0.15) is 0 Å². The highest BCUT2D eigenvalue weighted by atomic mass is 16.7. The van der Waals surface area contributed by atoms with E-state index in [4.69, 9.17) is 14.2 Å². The van der Waals surface area contributed by atoms with Crippen LogP contribution >= 0.6 is 0 Å². The molecule has 1 aromatic rings. The van der Waals surface area contributed by atoms with Crippen LogP contribution in [0, 0.1) is 0 Å². The van der Waals surface area contributed by atoms with Crippen molar-refractivity contribution in [1.29, 1.82) is 0 Å². The second-order valence-electron chi connectivity index (χ2n) is 2.54. The first-order valence-electron chi connectivity index (χ1n) is 4.10. The van der Waals surface area contributed by atoms with Gasteiger partial charge in [-0.2, -0.15) is 0 Å². The van der Waals surface area contributed by atoms with Crippen molar-refractivity contribution in [2.24, 2.45) is 0 Å². The summed E-state index contributed by atoms with van der Waals surface area (Å²) < 4.78 is 14.4. The van der Waals surface area contributed by atoms with E-state index in [9.17, 15) is 4.79 Å². The summed E-state index contributed by atoms with van der Waals surface area (Å²) in [4.78, 5) is 11.3. The van der Waals surface area contributed by atoms with Gasteiger partial charge in [0.25, 0.3) is 6.29 Å². The highest BCUT2D eigenvalue weighted by molar-refractivity contribution is 5.75. The number of methoxy groups -OCH3 is 2. The zero-order valence-electron chi connectivity index (χ0n) is 8.10. The quantitative estimate of drug-likeness (QED) is 0.412. The van der Waals surface area contributed by atoms with Gasteiger partial charge in [-0.1, -0.05) is 18.2 Å². The Morgan fingerprint density at radius 1 is 1.14 bits per heavy atom. The molecule has 0 aromatic heterocycles. The highest BCUT2D eigenvalue weighted by Gasteiger charge is 2.18. The summed E-state index contributed by atoms with van der Waals surface area (Å²) in [5.74, 6) is -0.0993. The van der Waals surface area contributed by atoms with Crippen LogP contribution in [0.25, 0.3) is 0 Å². The average molecular weight is 196 g/mol. The maximum absolute atomic E-state index is 11.3. The predicted octanol–water partition coefficient (Wildman–Crippen LogP) is 1.21. The summed E-state index contributed by atoms with van der Waals surface area (Å²) in [6.07, 6.45) is -0.977. The van der Waals surface area contributed by atoms with E-state index in [0.29, 0.717) is 5.75 Å². The molecule has 0 radical (unpaired) electrons. The van der Waals surface area contributed by atoms with Crippen molar-refractivity contribution in [3.63, 3.8) is 0 Å². The van der Waals surface area contributed by atoms with E-state index in [1.54, 1.807) is 24.3 Å². The number of ether oxygens (including phenoxy) is 3. The maximum atomic E-state index is 11.3. The van der Waals surface area contributed by atoms with Gasteiger partial charge < -0.3 is 14.2 Å². The van der Waals surface area contributed by atoms with Crippen LogP contribution < -0.4 is 4.74 Å². The Balaban J connectivity index is 2.57. The lowest BCUT2D eigenvalue weighted by atomic mass is 10.3. The first kappa shape index (κ1) is 10.7. The van der Waals surface area contributed by atoms with Gasteiger partial charge in [0.15, 0.2) is 0 Å². The number of esters is 1. The average Bonchev–Trinajstić information content (AvgIpc) is 2.21. The minimum atomic E-state index is -0.977. The molecule has 0 atom stereocenters. The first-order chi connectivity index (χ1) is 6.77. The SMILES string of the molecule is COC(OC)C(=O)Oc1ccccc1. The topological polar surface area (TPSA) is 44.8 Å². The van der Waals surface area contributed by atoms with E-state index in [2.05, 4.69) is 0 Å². The van der Waals surface area contributed by atoms with Crippen LogP contribution in [0.2, 0.25) is 0 Å². The molecule has 0 fully saturated rings. The zero-order valence-corrected chi connectivity index (χ0v) is 8.10. The van der Waals surface area contributed by atoms with Crippen molar-refractivity contribution in [1.82, 2.24) is 0 Å². The second-order valence-corrected chi connectivity index (χ2v) is 2.54. The molecular weight excluding hydrogens is 184 g/mol. The molecule has 76 valence electrons. The molecule has 0 unspecified atom stereocenters. The van der Waals surface area contributed by atoms with Crippen LogP contribution in [0.4, 0.5) is 0 Å². The number of hydrogen-bond donors (Lipinski definition) is 0. The standard InChI is InChI=1S/C10H12O4/c1-12-10(13-2)9(11)14-8-6-4-3-5-7-8/h3-7,10H,1-2H3. The molecule has 0 aliphatic heterocycles. The summed E-state index contributed by atoms with van der Waals surface area (Å²) in [5.41, 5.74) is 0. The number of hydrogen-bond acceptors (Lipinski definition) is 4. The zero-order chi connectivity index (χ0) is 10.4. The summed E-state index contributed by atoms with van der Waals surface area (Å²) in [6, 6.07) is 8.75. The van der Waals surface area contributed by atoms with Gasteiger partial charge in [-0.15, -0.1) is 0 Å². The summed E-state index contributed by atoms with van der Waals surface area (Å²) in [5, 5.41) is 0. The molecule has 0 amide bonds. The fraction of sp³-hybridized carbons (Fsp3) is 0.300. The Labute approximate surface area is 82.4 Å². The smallest absolute Gasteiger partial charge is 0.368 e. The molecule has 1 rings (SSSR count). The van der Waals surface area contributed by atoms with Crippen molar-refractivity contribution < 1.29 is 19.0 Å². The van der Waals surface area contributed by atoms with Crippen molar-refractivity contribution >= 4 is 5.97 Å². The van der Waals surface area contributed by atoms with Gasteiger partial charge in [-0.05, 0) is 12.1 Å². The monoisotopic (exact) mass is 196 g/mol. The Morgan fingerprint density at radius 3 is 2.21 bits per heavy atom. The molecule has 14 heavy (non-hydrogen) atoms. The van der Waals surface area contributed by atoms with Gasteiger partial charge in [-0.3, -0.25) is 0 Å². The Hall–Kier alpha value is -1.39. The maximum Gasteiger partial charge on any atom is 0.368 e. The van der Waals surface area contributed by atoms with E-state index in [-0.39, 0.29) is 0 Å². The fourth-order valence-corrected chi connectivity index (χ4v) is 0.941. The van der Waals surface area contributed by atoms with Crippen molar-refractivity contribution in [3.05, 3.63) is 30.3 Å². The molecule has 0 aliphatic rings. The number of carbonyl (C=O) groups is 1. The van der Waals surface area contributed by atoms with Gasteiger partial charge in [-0.25, -0.2) is 4.79 Å². The lowest BCUT2D eigenvalue weighted by Crippen LogP contribution is -2.29. The summed E-state index contributed by atoms with van der Waals surface area (Å²) in [6.45, 7) is 0. The molecule has 0 heterocycles. The van der Waals surface area contributed by atoms with Gasteiger partial charge in [0.1, 0.15) is 5.75 Å². The minimum Gasteiger partial charge on any atom is -0.423 e. The molecule has 0 saturated heterocycles. The molecular formula is C10H12O4. The Morgan fingerprint density at radius 2 is 1.71 bits per heavy atom. The molecule has 1 aromatic carbocycles. The Bertz CT molecular complexity index is 279. The third-order valence-corrected chi connectivity index (χ3v) is 1.58. The van der Waals surface area contributed by atoms with E-state index >= 15 is 0 Å².